The second kappa shape index (κ2) is 8.03. The Kier molecular flexibility index (Phi) is 7.04. The second-order valence-corrected chi connectivity index (χ2v) is 4.80. The Labute approximate surface area is 104 Å². The fourth-order valence-electron chi connectivity index (χ4n) is 2.23. The van der Waals surface area contributed by atoms with Crippen LogP contribution >= 0.6 is 0 Å². The third-order valence-electron chi connectivity index (χ3n) is 3.31. The van der Waals surface area contributed by atoms with E-state index >= 15 is 0 Å². The van der Waals surface area contributed by atoms with Gasteiger partial charge in [-0.1, -0.05) is 32.6 Å². The van der Waals surface area contributed by atoms with Crippen LogP contribution in [-0.4, -0.2) is 47.8 Å². The van der Waals surface area contributed by atoms with Gasteiger partial charge in [-0.25, -0.2) is 0 Å². The van der Waals surface area contributed by atoms with Crippen LogP contribution in [0.5, 0.6) is 0 Å². The van der Waals surface area contributed by atoms with Gasteiger partial charge < -0.3 is 19.7 Å². The molecule has 1 saturated heterocycles. The van der Waals surface area contributed by atoms with E-state index in [1.807, 2.05) is 6.92 Å². The van der Waals surface area contributed by atoms with Gasteiger partial charge in [0.25, 0.3) is 0 Å². The molecule has 4 atom stereocenters. The Morgan fingerprint density at radius 1 is 1.18 bits per heavy atom. The summed E-state index contributed by atoms with van der Waals surface area (Å²) in [6.45, 7) is 4.58. The summed E-state index contributed by atoms with van der Waals surface area (Å²) >= 11 is 0. The van der Waals surface area contributed by atoms with Crippen molar-refractivity contribution >= 4 is 0 Å². The van der Waals surface area contributed by atoms with Gasteiger partial charge in [-0.3, -0.25) is 0 Å². The molecule has 0 aromatic carbocycles. The minimum absolute atomic E-state index is 0.141. The van der Waals surface area contributed by atoms with Crippen molar-refractivity contribution in [2.75, 3.05) is 13.2 Å². The summed E-state index contributed by atoms with van der Waals surface area (Å²) in [5.74, 6) is 0. The Balaban J connectivity index is 2.14. The highest BCUT2D eigenvalue weighted by atomic mass is 16.6. The van der Waals surface area contributed by atoms with E-state index in [1.165, 1.54) is 25.7 Å². The van der Waals surface area contributed by atoms with Crippen molar-refractivity contribution < 1.29 is 19.7 Å². The van der Waals surface area contributed by atoms with Crippen LogP contribution in [0.1, 0.15) is 46.0 Å². The first-order valence-electron chi connectivity index (χ1n) is 6.76. The van der Waals surface area contributed by atoms with E-state index in [9.17, 15) is 5.11 Å². The smallest absolute Gasteiger partial charge is 0.112 e. The first kappa shape index (κ1) is 14.9. The lowest BCUT2D eigenvalue weighted by molar-refractivity contribution is -0.0339. The highest BCUT2D eigenvalue weighted by Gasteiger charge is 2.41. The molecule has 1 fully saturated rings. The molecule has 0 bridgehead atoms. The molecule has 0 aliphatic carbocycles. The maximum atomic E-state index is 9.85. The number of ether oxygens (including phenoxy) is 2. The lowest BCUT2D eigenvalue weighted by Crippen LogP contribution is -2.35. The summed E-state index contributed by atoms with van der Waals surface area (Å²) < 4.78 is 11.1. The van der Waals surface area contributed by atoms with Gasteiger partial charge in [0.1, 0.15) is 18.3 Å². The van der Waals surface area contributed by atoms with Crippen molar-refractivity contribution in [3.05, 3.63) is 0 Å². The Morgan fingerprint density at radius 3 is 2.47 bits per heavy atom. The Hall–Kier alpha value is -0.160. The molecule has 102 valence electrons. The predicted molar refractivity (Wildman–Crippen MR) is 65.9 cm³/mol. The molecule has 0 saturated carbocycles. The van der Waals surface area contributed by atoms with Crippen molar-refractivity contribution in [1.29, 1.82) is 0 Å². The van der Waals surface area contributed by atoms with E-state index in [1.54, 1.807) is 0 Å². The van der Waals surface area contributed by atoms with Crippen LogP contribution in [-0.2, 0) is 9.47 Å². The van der Waals surface area contributed by atoms with E-state index in [4.69, 9.17) is 14.6 Å². The van der Waals surface area contributed by atoms with Crippen LogP contribution in [0.15, 0.2) is 0 Å². The van der Waals surface area contributed by atoms with Crippen LogP contribution < -0.4 is 0 Å². The molecule has 0 amide bonds. The molecule has 4 nitrogen and oxygen atoms in total. The van der Waals surface area contributed by atoms with Gasteiger partial charge in [0.15, 0.2) is 0 Å². The minimum atomic E-state index is -0.703. The average Bonchev–Trinajstić information content (AvgIpc) is 2.60. The number of aliphatic hydroxyl groups excluding tert-OH is 2. The van der Waals surface area contributed by atoms with E-state index in [2.05, 4.69) is 6.92 Å². The van der Waals surface area contributed by atoms with Crippen LogP contribution in [0.4, 0.5) is 0 Å². The average molecular weight is 246 g/mol. The number of unbranched alkanes of at least 4 members (excludes halogenated alkanes) is 4. The maximum Gasteiger partial charge on any atom is 0.112 e. The highest BCUT2D eigenvalue weighted by Crippen LogP contribution is 2.23. The Morgan fingerprint density at radius 2 is 1.88 bits per heavy atom. The van der Waals surface area contributed by atoms with Crippen molar-refractivity contribution in [1.82, 2.24) is 0 Å². The first-order chi connectivity index (χ1) is 8.20. The molecule has 0 radical (unpaired) electrons. The van der Waals surface area contributed by atoms with E-state index < -0.39 is 12.2 Å². The summed E-state index contributed by atoms with van der Waals surface area (Å²) in [5.41, 5.74) is 0. The lowest BCUT2D eigenvalue weighted by Gasteiger charge is -2.18. The number of rotatable bonds is 8. The quantitative estimate of drug-likeness (QED) is 0.637. The molecule has 0 spiro atoms. The monoisotopic (exact) mass is 246 g/mol. The van der Waals surface area contributed by atoms with Crippen LogP contribution in [0, 0.1) is 0 Å². The molecule has 0 aromatic rings. The molecule has 2 N–H and O–H groups in total. The summed E-state index contributed by atoms with van der Waals surface area (Å²) in [4.78, 5) is 0. The molecule has 2 unspecified atom stereocenters. The third kappa shape index (κ3) is 4.54. The number of hydrogen-bond acceptors (Lipinski definition) is 4. The summed E-state index contributed by atoms with van der Waals surface area (Å²) in [6, 6.07) is 0. The van der Waals surface area contributed by atoms with Crippen molar-refractivity contribution in [2.24, 2.45) is 0 Å². The largest absolute Gasteiger partial charge is 0.394 e. The summed E-state index contributed by atoms with van der Waals surface area (Å²) in [6.07, 6.45) is 4.34. The van der Waals surface area contributed by atoms with Crippen LogP contribution in [0.25, 0.3) is 0 Å². The van der Waals surface area contributed by atoms with E-state index in [0.717, 1.165) is 6.42 Å². The Bertz CT molecular complexity index is 198. The maximum absolute atomic E-state index is 9.85. The fraction of sp³-hybridized carbons (Fsp3) is 1.00. The molecule has 17 heavy (non-hydrogen) atoms. The van der Waals surface area contributed by atoms with Crippen molar-refractivity contribution in [2.45, 2.75) is 70.4 Å². The molecule has 0 aromatic heterocycles. The molecule has 4 heteroatoms. The van der Waals surface area contributed by atoms with Gasteiger partial charge in [0.05, 0.1) is 12.7 Å². The first-order valence-corrected chi connectivity index (χ1v) is 6.76. The minimum Gasteiger partial charge on any atom is -0.394 e. The van der Waals surface area contributed by atoms with Crippen molar-refractivity contribution in [3.63, 3.8) is 0 Å². The molecule has 1 aliphatic rings. The fourth-order valence-corrected chi connectivity index (χ4v) is 2.23. The normalized spacial score (nSPS) is 33.2. The van der Waals surface area contributed by atoms with Gasteiger partial charge in [-0.05, 0) is 13.3 Å². The molecule has 1 aliphatic heterocycles. The topological polar surface area (TPSA) is 58.9 Å². The third-order valence-corrected chi connectivity index (χ3v) is 3.31. The van der Waals surface area contributed by atoms with Gasteiger partial charge in [0.2, 0.25) is 0 Å². The standard InChI is InChI=1S/C13H26O4/c1-3-4-5-6-7-8-16-13-10(2)17-11(9-14)12(13)15/h10-15H,3-9H2,1-2H3/t10-,11+,12?,13?/m0/s1. The summed E-state index contributed by atoms with van der Waals surface area (Å²) in [5, 5.41) is 18.9. The van der Waals surface area contributed by atoms with Gasteiger partial charge in [-0.15, -0.1) is 0 Å². The van der Waals surface area contributed by atoms with Gasteiger partial charge in [-0.2, -0.15) is 0 Å². The van der Waals surface area contributed by atoms with Crippen molar-refractivity contribution in [3.8, 4) is 0 Å². The number of aliphatic hydroxyl groups is 2. The summed E-state index contributed by atoms with van der Waals surface area (Å²) in [7, 11) is 0. The zero-order chi connectivity index (χ0) is 12.7. The molecule has 1 heterocycles. The molecule has 1 rings (SSSR count). The molecular weight excluding hydrogens is 220 g/mol. The van der Waals surface area contributed by atoms with E-state index in [0.29, 0.717) is 6.61 Å². The van der Waals surface area contributed by atoms with Crippen LogP contribution in [0.2, 0.25) is 0 Å². The molecular formula is C13H26O4. The zero-order valence-corrected chi connectivity index (χ0v) is 11.0. The predicted octanol–water partition coefficient (Wildman–Crippen LogP) is 1.48. The van der Waals surface area contributed by atoms with Gasteiger partial charge >= 0.3 is 0 Å². The van der Waals surface area contributed by atoms with Crippen LogP contribution in [0.3, 0.4) is 0 Å². The highest BCUT2D eigenvalue weighted by molar-refractivity contribution is 4.89. The van der Waals surface area contributed by atoms with Gasteiger partial charge in [0, 0.05) is 6.61 Å². The van der Waals surface area contributed by atoms with E-state index in [-0.39, 0.29) is 18.8 Å². The lowest BCUT2D eigenvalue weighted by atomic mass is 10.1. The number of hydrogen-bond donors (Lipinski definition) is 2. The second-order valence-electron chi connectivity index (χ2n) is 4.80. The SMILES string of the molecule is CCCCCCCOC1C(O)[C@@H](CO)O[C@H]1C. The zero-order valence-electron chi connectivity index (χ0n) is 11.0.